The summed E-state index contributed by atoms with van der Waals surface area (Å²) >= 11 is 1.51. The van der Waals surface area contributed by atoms with Gasteiger partial charge in [-0.1, -0.05) is 17.7 Å². The molecular formula is C20H19N3O2S. The van der Waals surface area contributed by atoms with Gasteiger partial charge in [-0.2, -0.15) is 5.26 Å². The van der Waals surface area contributed by atoms with Crippen molar-refractivity contribution in [2.75, 3.05) is 16.8 Å². The van der Waals surface area contributed by atoms with Gasteiger partial charge in [-0.25, -0.2) is 0 Å². The Hall–Kier alpha value is -2.65. The van der Waals surface area contributed by atoms with Crippen LogP contribution in [0.2, 0.25) is 0 Å². The molecule has 1 aliphatic carbocycles. The zero-order chi connectivity index (χ0) is 18.3. The first-order valence-electron chi connectivity index (χ1n) is 8.79. The fraction of sp³-hybridized carbons (Fsp3) is 0.350. The Morgan fingerprint density at radius 1 is 1.31 bits per heavy atom. The molecule has 132 valence electrons. The number of carbonyl (C=O) groups excluding carboxylic acids is 2. The monoisotopic (exact) mass is 365 g/mol. The number of benzene rings is 1. The Morgan fingerprint density at radius 3 is 2.81 bits per heavy atom. The van der Waals surface area contributed by atoms with Crippen LogP contribution in [0, 0.1) is 24.2 Å². The van der Waals surface area contributed by atoms with Gasteiger partial charge in [-0.3, -0.25) is 9.59 Å². The van der Waals surface area contributed by atoms with Crippen molar-refractivity contribution in [3.63, 3.8) is 0 Å². The van der Waals surface area contributed by atoms with Gasteiger partial charge in [-0.05, 0) is 43.9 Å². The van der Waals surface area contributed by atoms with Crippen LogP contribution in [0.5, 0.6) is 0 Å². The molecule has 1 aromatic carbocycles. The second kappa shape index (κ2) is 6.58. The van der Waals surface area contributed by atoms with E-state index in [2.05, 4.69) is 11.4 Å². The third-order valence-corrected chi connectivity index (χ3v) is 6.32. The molecule has 0 spiro atoms. The zero-order valence-corrected chi connectivity index (χ0v) is 15.4. The smallest absolute Gasteiger partial charge is 0.230 e. The summed E-state index contributed by atoms with van der Waals surface area (Å²) in [4.78, 5) is 27.9. The standard InChI is InChI=1S/C20H19N3O2S/c1-12-5-7-14(8-6-12)23-11-13(9-18(23)24)19(25)22-20-16(10-21)15-3-2-4-17(15)26-20/h5-8,13H,2-4,9,11H2,1H3,(H,22,25). The molecule has 1 fully saturated rings. The van der Waals surface area contributed by atoms with E-state index < -0.39 is 5.92 Å². The number of aryl methyl sites for hydroxylation is 2. The van der Waals surface area contributed by atoms with Crippen molar-refractivity contribution >= 4 is 33.8 Å². The first-order chi connectivity index (χ1) is 12.6. The lowest BCUT2D eigenvalue weighted by molar-refractivity contribution is -0.122. The van der Waals surface area contributed by atoms with Crippen molar-refractivity contribution in [1.29, 1.82) is 5.26 Å². The highest BCUT2D eigenvalue weighted by atomic mass is 32.1. The Balaban J connectivity index is 1.49. The molecule has 1 saturated heterocycles. The molecule has 26 heavy (non-hydrogen) atoms. The quantitative estimate of drug-likeness (QED) is 0.906. The van der Waals surface area contributed by atoms with Gasteiger partial charge in [0, 0.05) is 23.5 Å². The van der Waals surface area contributed by atoms with Crippen molar-refractivity contribution in [3.8, 4) is 6.07 Å². The maximum Gasteiger partial charge on any atom is 0.230 e. The minimum Gasteiger partial charge on any atom is -0.316 e. The number of fused-ring (bicyclic) bond motifs is 1. The SMILES string of the molecule is Cc1ccc(N2CC(C(=O)Nc3sc4c(c3C#N)CCC4)CC2=O)cc1. The summed E-state index contributed by atoms with van der Waals surface area (Å²) in [6, 6.07) is 9.98. The number of nitrogens with one attached hydrogen (secondary N) is 1. The number of nitriles is 1. The predicted octanol–water partition coefficient (Wildman–Crippen LogP) is 3.41. The summed E-state index contributed by atoms with van der Waals surface area (Å²) in [7, 11) is 0. The van der Waals surface area contributed by atoms with Gasteiger partial charge in [0.1, 0.15) is 11.1 Å². The lowest BCUT2D eigenvalue weighted by atomic mass is 10.1. The van der Waals surface area contributed by atoms with E-state index in [-0.39, 0.29) is 18.2 Å². The molecular weight excluding hydrogens is 346 g/mol. The van der Waals surface area contributed by atoms with E-state index >= 15 is 0 Å². The number of hydrogen-bond donors (Lipinski definition) is 1. The van der Waals surface area contributed by atoms with Gasteiger partial charge in [0.25, 0.3) is 0 Å². The lowest BCUT2D eigenvalue weighted by Gasteiger charge is -2.16. The summed E-state index contributed by atoms with van der Waals surface area (Å²) in [6.45, 7) is 2.37. The van der Waals surface area contributed by atoms with Crippen LogP contribution < -0.4 is 10.2 Å². The molecule has 2 heterocycles. The second-order valence-electron chi connectivity index (χ2n) is 6.90. The number of rotatable bonds is 3. The number of thiophene rings is 1. The molecule has 1 unspecified atom stereocenters. The van der Waals surface area contributed by atoms with Crippen LogP contribution in [0.3, 0.4) is 0 Å². The maximum absolute atomic E-state index is 12.7. The molecule has 4 rings (SSSR count). The summed E-state index contributed by atoms with van der Waals surface area (Å²) < 4.78 is 0. The molecule has 2 aromatic rings. The van der Waals surface area contributed by atoms with Crippen LogP contribution in [-0.4, -0.2) is 18.4 Å². The van der Waals surface area contributed by atoms with Gasteiger partial charge in [0.15, 0.2) is 0 Å². The maximum atomic E-state index is 12.7. The number of hydrogen-bond acceptors (Lipinski definition) is 4. The second-order valence-corrected chi connectivity index (χ2v) is 8.01. The van der Waals surface area contributed by atoms with Gasteiger partial charge in [0.2, 0.25) is 11.8 Å². The number of carbonyl (C=O) groups is 2. The van der Waals surface area contributed by atoms with Gasteiger partial charge < -0.3 is 10.2 Å². The van der Waals surface area contributed by atoms with Crippen molar-refractivity contribution in [1.82, 2.24) is 0 Å². The predicted molar refractivity (Wildman–Crippen MR) is 101 cm³/mol. The van der Waals surface area contributed by atoms with E-state index in [1.165, 1.54) is 16.2 Å². The molecule has 6 heteroatoms. The van der Waals surface area contributed by atoms with E-state index in [9.17, 15) is 14.9 Å². The van der Waals surface area contributed by atoms with Crippen LogP contribution >= 0.6 is 11.3 Å². The zero-order valence-electron chi connectivity index (χ0n) is 14.5. The fourth-order valence-electron chi connectivity index (χ4n) is 3.68. The molecule has 5 nitrogen and oxygen atoms in total. The summed E-state index contributed by atoms with van der Waals surface area (Å²) in [5.41, 5.74) is 3.65. The van der Waals surface area contributed by atoms with E-state index in [0.717, 1.165) is 36.1 Å². The molecule has 1 aliphatic heterocycles. The van der Waals surface area contributed by atoms with E-state index in [1.807, 2.05) is 31.2 Å². The first kappa shape index (κ1) is 16.8. The molecule has 2 aliphatic rings. The highest BCUT2D eigenvalue weighted by Gasteiger charge is 2.36. The minimum atomic E-state index is -0.396. The van der Waals surface area contributed by atoms with E-state index in [4.69, 9.17) is 0 Å². The Kier molecular flexibility index (Phi) is 4.25. The molecule has 2 amide bonds. The van der Waals surface area contributed by atoms with Crippen LogP contribution in [0.4, 0.5) is 10.7 Å². The minimum absolute atomic E-state index is 0.0387. The molecule has 0 bridgehead atoms. The summed E-state index contributed by atoms with van der Waals surface area (Å²) in [5.74, 6) is -0.611. The first-order valence-corrected chi connectivity index (χ1v) is 9.61. The third-order valence-electron chi connectivity index (χ3n) is 5.11. The highest BCUT2D eigenvalue weighted by Crippen LogP contribution is 2.39. The van der Waals surface area contributed by atoms with Crippen LogP contribution in [0.25, 0.3) is 0 Å². The van der Waals surface area contributed by atoms with Crippen molar-refractivity contribution in [2.45, 2.75) is 32.6 Å². The molecule has 0 radical (unpaired) electrons. The van der Waals surface area contributed by atoms with Crippen molar-refractivity contribution in [2.24, 2.45) is 5.92 Å². The van der Waals surface area contributed by atoms with E-state index in [1.54, 1.807) is 4.90 Å². The third kappa shape index (κ3) is 2.89. The summed E-state index contributed by atoms with van der Waals surface area (Å²) in [6.07, 6.45) is 3.17. The highest BCUT2D eigenvalue weighted by molar-refractivity contribution is 7.16. The van der Waals surface area contributed by atoms with Gasteiger partial charge in [0.05, 0.1) is 11.5 Å². The molecule has 1 N–H and O–H groups in total. The number of anilines is 2. The Bertz CT molecular complexity index is 924. The lowest BCUT2D eigenvalue weighted by Crippen LogP contribution is -2.28. The van der Waals surface area contributed by atoms with Crippen LogP contribution in [-0.2, 0) is 22.4 Å². The molecule has 1 atom stereocenters. The van der Waals surface area contributed by atoms with E-state index in [0.29, 0.717) is 17.1 Å². The largest absolute Gasteiger partial charge is 0.316 e. The van der Waals surface area contributed by atoms with Crippen molar-refractivity contribution < 1.29 is 9.59 Å². The molecule has 1 aromatic heterocycles. The Labute approximate surface area is 156 Å². The van der Waals surface area contributed by atoms with Gasteiger partial charge in [-0.15, -0.1) is 11.3 Å². The van der Waals surface area contributed by atoms with Crippen LogP contribution in [0.15, 0.2) is 24.3 Å². The molecule has 0 saturated carbocycles. The Morgan fingerprint density at radius 2 is 2.08 bits per heavy atom. The van der Waals surface area contributed by atoms with Crippen molar-refractivity contribution in [3.05, 3.63) is 45.8 Å². The van der Waals surface area contributed by atoms with Gasteiger partial charge >= 0.3 is 0 Å². The number of amides is 2. The van der Waals surface area contributed by atoms with Crippen LogP contribution in [0.1, 0.15) is 34.4 Å². The average Bonchev–Trinajstić information content (AvgIpc) is 3.30. The summed E-state index contributed by atoms with van der Waals surface area (Å²) in [5, 5.41) is 13.0. The fourth-order valence-corrected chi connectivity index (χ4v) is 4.92. The number of nitrogens with zero attached hydrogens (tertiary/aromatic N) is 2. The normalized spacial score (nSPS) is 18.7. The average molecular weight is 365 g/mol. The topological polar surface area (TPSA) is 73.2 Å².